The lowest BCUT2D eigenvalue weighted by atomic mass is 9.95. The Morgan fingerprint density at radius 3 is 2.62 bits per heavy atom. The Hall–Kier alpha value is -2.37. The maximum Gasteiger partial charge on any atom is 0.407 e. The molecule has 1 heterocycles. The van der Waals surface area contributed by atoms with Crippen LogP contribution in [0, 0.1) is 13.8 Å². The van der Waals surface area contributed by atoms with Gasteiger partial charge >= 0.3 is 6.09 Å². The standard InChI is InChI=1S/C20H28N2O4/c1-13-7-6-8-15(14(13)2)18(24)16-9-10-17(23)22(16)11-12-26-19(25)21-20(3,4)5/h6-8,16H,9-12H2,1-5H3,(H,21,25). The predicted octanol–water partition coefficient (Wildman–Crippen LogP) is 3.00. The highest BCUT2D eigenvalue weighted by molar-refractivity contribution is 6.04. The van der Waals surface area contributed by atoms with Gasteiger partial charge in [-0.2, -0.15) is 0 Å². The molecular formula is C20H28N2O4. The van der Waals surface area contributed by atoms with Gasteiger partial charge in [-0.05, 0) is 52.2 Å². The summed E-state index contributed by atoms with van der Waals surface area (Å²) in [6.07, 6.45) is 0.316. The molecule has 1 aromatic carbocycles. The van der Waals surface area contributed by atoms with Crippen molar-refractivity contribution in [3.63, 3.8) is 0 Å². The fraction of sp³-hybridized carbons (Fsp3) is 0.550. The van der Waals surface area contributed by atoms with Gasteiger partial charge in [0.25, 0.3) is 0 Å². The minimum Gasteiger partial charge on any atom is -0.448 e. The van der Waals surface area contributed by atoms with Crippen LogP contribution in [0.25, 0.3) is 0 Å². The Labute approximate surface area is 154 Å². The van der Waals surface area contributed by atoms with E-state index in [0.717, 1.165) is 11.1 Å². The molecule has 6 heteroatoms. The molecule has 1 fully saturated rings. The first kappa shape index (κ1) is 19.9. The van der Waals surface area contributed by atoms with Crippen molar-refractivity contribution in [2.45, 2.75) is 59.0 Å². The number of hydrogen-bond donors (Lipinski definition) is 1. The van der Waals surface area contributed by atoms with Crippen LogP contribution in [-0.2, 0) is 9.53 Å². The summed E-state index contributed by atoms with van der Waals surface area (Å²) >= 11 is 0. The third kappa shape index (κ3) is 4.84. The van der Waals surface area contributed by atoms with Gasteiger partial charge < -0.3 is 15.0 Å². The Morgan fingerprint density at radius 1 is 1.27 bits per heavy atom. The summed E-state index contributed by atoms with van der Waals surface area (Å²) in [5, 5.41) is 2.70. The van der Waals surface area contributed by atoms with E-state index in [1.807, 2.05) is 46.8 Å². The smallest absolute Gasteiger partial charge is 0.407 e. The maximum absolute atomic E-state index is 12.9. The van der Waals surface area contributed by atoms with Gasteiger partial charge in [0.15, 0.2) is 5.78 Å². The Bertz CT molecular complexity index is 706. The van der Waals surface area contributed by atoms with E-state index in [-0.39, 0.29) is 30.4 Å². The van der Waals surface area contributed by atoms with Gasteiger partial charge in [0.05, 0.1) is 12.6 Å². The number of amides is 2. The number of ketones is 1. The van der Waals surface area contributed by atoms with Crippen molar-refractivity contribution < 1.29 is 19.1 Å². The normalized spacial score (nSPS) is 17.3. The third-order valence-corrected chi connectivity index (χ3v) is 4.54. The van der Waals surface area contributed by atoms with Crippen molar-refractivity contribution in [2.24, 2.45) is 0 Å². The number of alkyl carbamates (subject to hydrolysis) is 1. The number of carbonyl (C=O) groups is 3. The average Bonchev–Trinajstić information content (AvgIpc) is 2.89. The number of nitrogens with zero attached hydrogens (tertiary/aromatic N) is 1. The van der Waals surface area contributed by atoms with Gasteiger partial charge in [-0.15, -0.1) is 0 Å². The highest BCUT2D eigenvalue weighted by atomic mass is 16.5. The number of benzene rings is 1. The first-order valence-corrected chi connectivity index (χ1v) is 8.95. The molecule has 0 saturated carbocycles. The van der Waals surface area contributed by atoms with Crippen LogP contribution in [0.5, 0.6) is 0 Å². The van der Waals surface area contributed by atoms with Gasteiger partial charge in [0, 0.05) is 17.5 Å². The molecule has 26 heavy (non-hydrogen) atoms. The molecule has 1 aliphatic rings. The molecule has 1 aromatic rings. The number of rotatable bonds is 5. The molecular weight excluding hydrogens is 332 g/mol. The van der Waals surface area contributed by atoms with Crippen LogP contribution in [0.15, 0.2) is 18.2 Å². The zero-order valence-electron chi connectivity index (χ0n) is 16.2. The van der Waals surface area contributed by atoms with E-state index in [1.54, 1.807) is 6.07 Å². The molecule has 142 valence electrons. The molecule has 6 nitrogen and oxygen atoms in total. The molecule has 1 atom stereocenters. The van der Waals surface area contributed by atoms with E-state index < -0.39 is 12.1 Å². The van der Waals surface area contributed by atoms with Crippen molar-refractivity contribution in [2.75, 3.05) is 13.2 Å². The zero-order chi connectivity index (χ0) is 19.5. The van der Waals surface area contributed by atoms with Gasteiger partial charge in [-0.25, -0.2) is 4.79 Å². The molecule has 0 radical (unpaired) electrons. The highest BCUT2D eigenvalue weighted by Crippen LogP contribution is 2.24. The van der Waals surface area contributed by atoms with Crippen molar-refractivity contribution in [3.05, 3.63) is 34.9 Å². The number of likely N-dealkylation sites (tertiary alicyclic amines) is 1. The number of ether oxygens (including phenoxy) is 1. The fourth-order valence-electron chi connectivity index (χ4n) is 3.06. The van der Waals surface area contributed by atoms with E-state index in [4.69, 9.17) is 4.74 Å². The second-order valence-electron chi connectivity index (χ2n) is 7.76. The van der Waals surface area contributed by atoms with E-state index in [0.29, 0.717) is 18.4 Å². The summed E-state index contributed by atoms with van der Waals surface area (Å²) in [4.78, 5) is 38.4. The molecule has 0 aromatic heterocycles. The van der Waals surface area contributed by atoms with Crippen LogP contribution in [0.4, 0.5) is 4.79 Å². The van der Waals surface area contributed by atoms with Crippen LogP contribution >= 0.6 is 0 Å². The minimum absolute atomic E-state index is 0.0452. The first-order chi connectivity index (χ1) is 12.1. The number of carbonyl (C=O) groups excluding carboxylic acids is 3. The van der Waals surface area contributed by atoms with Crippen molar-refractivity contribution in [1.29, 1.82) is 0 Å². The number of Topliss-reactive ketones (excluding diaryl/α,β-unsaturated/α-hetero) is 1. The van der Waals surface area contributed by atoms with Crippen LogP contribution < -0.4 is 5.32 Å². The molecule has 1 aliphatic heterocycles. The highest BCUT2D eigenvalue weighted by Gasteiger charge is 2.36. The van der Waals surface area contributed by atoms with Gasteiger partial charge in [-0.3, -0.25) is 9.59 Å². The molecule has 1 saturated heterocycles. The summed E-state index contributed by atoms with van der Waals surface area (Å²) < 4.78 is 5.15. The SMILES string of the molecule is Cc1cccc(C(=O)C2CCC(=O)N2CCOC(=O)NC(C)(C)C)c1C. The minimum atomic E-state index is -0.526. The molecule has 0 spiro atoms. The Balaban J connectivity index is 2.01. The van der Waals surface area contributed by atoms with Crippen molar-refractivity contribution in [3.8, 4) is 0 Å². The van der Waals surface area contributed by atoms with Gasteiger partial charge in [0.1, 0.15) is 6.61 Å². The molecule has 1 unspecified atom stereocenters. The van der Waals surface area contributed by atoms with Gasteiger partial charge in [-0.1, -0.05) is 18.2 Å². The molecule has 0 aliphatic carbocycles. The summed E-state index contributed by atoms with van der Waals surface area (Å²) in [5.41, 5.74) is 2.26. The van der Waals surface area contributed by atoms with Gasteiger partial charge in [0.2, 0.25) is 5.91 Å². The molecule has 2 rings (SSSR count). The van der Waals surface area contributed by atoms with Crippen molar-refractivity contribution in [1.82, 2.24) is 10.2 Å². The Kier molecular flexibility index (Phi) is 6.05. The van der Waals surface area contributed by atoms with E-state index in [1.165, 1.54) is 4.90 Å². The molecule has 2 amide bonds. The fourth-order valence-corrected chi connectivity index (χ4v) is 3.06. The van der Waals surface area contributed by atoms with Crippen LogP contribution in [0.1, 0.15) is 55.1 Å². The number of hydrogen-bond acceptors (Lipinski definition) is 4. The largest absolute Gasteiger partial charge is 0.448 e. The summed E-state index contributed by atoms with van der Waals surface area (Å²) in [7, 11) is 0. The average molecular weight is 360 g/mol. The lowest BCUT2D eigenvalue weighted by Crippen LogP contribution is -2.43. The van der Waals surface area contributed by atoms with Crippen molar-refractivity contribution >= 4 is 17.8 Å². The summed E-state index contributed by atoms with van der Waals surface area (Å²) in [6.45, 7) is 9.74. The summed E-state index contributed by atoms with van der Waals surface area (Å²) in [6, 6.07) is 5.14. The monoisotopic (exact) mass is 360 g/mol. The third-order valence-electron chi connectivity index (χ3n) is 4.54. The number of aryl methyl sites for hydroxylation is 1. The Morgan fingerprint density at radius 2 is 1.96 bits per heavy atom. The predicted molar refractivity (Wildman–Crippen MR) is 99.2 cm³/mol. The number of nitrogens with one attached hydrogen (secondary N) is 1. The van der Waals surface area contributed by atoms with Crippen LogP contribution in [0.2, 0.25) is 0 Å². The topological polar surface area (TPSA) is 75.7 Å². The quantitative estimate of drug-likeness (QED) is 0.819. The molecule has 1 N–H and O–H groups in total. The maximum atomic E-state index is 12.9. The molecule has 0 bridgehead atoms. The summed E-state index contributed by atoms with van der Waals surface area (Å²) in [5.74, 6) is -0.121. The lowest BCUT2D eigenvalue weighted by molar-refractivity contribution is -0.129. The van der Waals surface area contributed by atoms with E-state index in [2.05, 4.69) is 5.32 Å². The first-order valence-electron chi connectivity index (χ1n) is 8.95. The zero-order valence-corrected chi connectivity index (χ0v) is 16.2. The van der Waals surface area contributed by atoms with Crippen LogP contribution in [0.3, 0.4) is 0 Å². The lowest BCUT2D eigenvalue weighted by Gasteiger charge is -2.25. The van der Waals surface area contributed by atoms with Crippen LogP contribution in [-0.4, -0.2) is 47.4 Å². The second kappa shape index (κ2) is 7.89. The van der Waals surface area contributed by atoms with E-state index >= 15 is 0 Å². The van der Waals surface area contributed by atoms with E-state index in [9.17, 15) is 14.4 Å². The second-order valence-corrected chi connectivity index (χ2v) is 7.76.